The molecule has 40 heavy (non-hydrogen) atoms. The van der Waals surface area contributed by atoms with Crippen LogP contribution in [0.15, 0.2) is 134 Å². The summed E-state index contributed by atoms with van der Waals surface area (Å²) < 4.78 is 16.1. The minimum absolute atomic E-state index is 0.799. The summed E-state index contributed by atoms with van der Waals surface area (Å²) >= 11 is 0. The molecule has 0 saturated carbocycles. The molecule has 0 fully saturated rings. The molecule has 0 aliphatic heterocycles. The maximum absolute atomic E-state index is 16.1. The Morgan fingerprint density at radius 3 is 1.23 bits per heavy atom. The molecule has 3 heteroatoms. The molecule has 0 unspecified atom stereocenters. The van der Waals surface area contributed by atoms with Gasteiger partial charge in [-0.2, -0.15) is 0 Å². The van der Waals surface area contributed by atoms with Crippen LogP contribution in [0.2, 0.25) is 0 Å². The Hall–Kier alpha value is -4.78. The molecule has 0 amide bonds. The average Bonchev–Trinajstić information content (AvgIpc) is 3.02. The molecule has 0 spiro atoms. The van der Waals surface area contributed by atoms with Crippen molar-refractivity contribution in [3.05, 3.63) is 134 Å². The van der Waals surface area contributed by atoms with Gasteiger partial charge in [-0.15, -0.1) is 0 Å². The lowest BCUT2D eigenvalue weighted by molar-refractivity contribution is 0.593. The van der Waals surface area contributed by atoms with Gasteiger partial charge in [-0.25, -0.2) is 0 Å². The maximum atomic E-state index is 16.1. The Morgan fingerprint density at radius 2 is 0.775 bits per heavy atom. The smallest absolute Gasteiger partial charge is 0.172 e. The SMILES string of the molecule is O=P(c1ccncc1)(c1ccc2ccc3cccc4ccc1c2c34)c1ccc2ccc3cccc4ccc1c2c34. The van der Waals surface area contributed by atoms with Crippen molar-refractivity contribution in [2.45, 2.75) is 0 Å². The van der Waals surface area contributed by atoms with Crippen LogP contribution in [0.25, 0.3) is 64.6 Å². The zero-order valence-electron chi connectivity index (χ0n) is 21.5. The van der Waals surface area contributed by atoms with Gasteiger partial charge in [0.25, 0.3) is 0 Å². The van der Waals surface area contributed by atoms with Crippen molar-refractivity contribution in [3.8, 4) is 0 Å². The minimum Gasteiger partial charge on any atom is -0.309 e. The van der Waals surface area contributed by atoms with E-state index in [0.717, 1.165) is 26.7 Å². The van der Waals surface area contributed by atoms with E-state index in [-0.39, 0.29) is 0 Å². The molecule has 1 heterocycles. The van der Waals surface area contributed by atoms with Crippen LogP contribution in [0.3, 0.4) is 0 Å². The molecular weight excluding hydrogens is 505 g/mol. The van der Waals surface area contributed by atoms with Gasteiger partial charge in [-0.1, -0.05) is 97.1 Å². The van der Waals surface area contributed by atoms with Gasteiger partial charge in [0.2, 0.25) is 0 Å². The van der Waals surface area contributed by atoms with Gasteiger partial charge in [0.1, 0.15) is 0 Å². The first-order valence-electron chi connectivity index (χ1n) is 13.6. The highest BCUT2D eigenvalue weighted by atomic mass is 31.2. The van der Waals surface area contributed by atoms with Gasteiger partial charge in [0, 0.05) is 28.3 Å². The van der Waals surface area contributed by atoms with Crippen molar-refractivity contribution in [1.82, 2.24) is 4.98 Å². The second-order valence-corrected chi connectivity index (χ2v) is 13.4. The molecule has 0 saturated heterocycles. The first-order chi connectivity index (χ1) is 19.7. The zero-order valence-corrected chi connectivity index (χ0v) is 22.4. The predicted molar refractivity (Wildman–Crippen MR) is 171 cm³/mol. The number of hydrogen-bond acceptors (Lipinski definition) is 2. The molecule has 0 atom stereocenters. The van der Waals surface area contributed by atoms with E-state index in [1.165, 1.54) is 53.9 Å². The topological polar surface area (TPSA) is 30.0 Å². The third kappa shape index (κ3) is 2.79. The number of rotatable bonds is 3. The van der Waals surface area contributed by atoms with Crippen LogP contribution in [0, 0.1) is 0 Å². The molecule has 186 valence electrons. The van der Waals surface area contributed by atoms with Gasteiger partial charge < -0.3 is 4.57 Å². The largest absolute Gasteiger partial charge is 0.309 e. The van der Waals surface area contributed by atoms with E-state index in [1.807, 2.05) is 12.1 Å². The van der Waals surface area contributed by atoms with Crippen molar-refractivity contribution < 1.29 is 4.57 Å². The second-order valence-electron chi connectivity index (χ2n) is 10.7. The van der Waals surface area contributed by atoms with Gasteiger partial charge in [0.05, 0.1) is 0 Å². The van der Waals surface area contributed by atoms with Crippen LogP contribution in [-0.2, 0) is 4.57 Å². The summed E-state index contributed by atoms with van der Waals surface area (Å²) in [6.07, 6.45) is 3.52. The molecule has 9 rings (SSSR count). The van der Waals surface area contributed by atoms with E-state index in [2.05, 4.69) is 114 Å². The molecular formula is C37H22NOP. The third-order valence-corrected chi connectivity index (χ3v) is 11.9. The highest BCUT2D eigenvalue weighted by Gasteiger charge is 2.34. The van der Waals surface area contributed by atoms with Gasteiger partial charge in [0.15, 0.2) is 7.14 Å². The van der Waals surface area contributed by atoms with E-state index >= 15 is 4.57 Å². The Balaban J connectivity index is 1.47. The molecule has 2 nitrogen and oxygen atoms in total. The summed E-state index contributed by atoms with van der Waals surface area (Å²) in [5.41, 5.74) is 0. The second kappa shape index (κ2) is 7.88. The molecule has 9 aromatic rings. The molecule has 0 bridgehead atoms. The number of aromatic nitrogens is 1. The highest BCUT2D eigenvalue weighted by molar-refractivity contribution is 7.86. The molecule has 8 aromatic carbocycles. The van der Waals surface area contributed by atoms with Crippen molar-refractivity contribution in [1.29, 1.82) is 0 Å². The molecule has 1 aromatic heterocycles. The van der Waals surface area contributed by atoms with Gasteiger partial charge in [-0.3, -0.25) is 4.98 Å². The summed E-state index contributed by atoms with van der Waals surface area (Å²) in [4.78, 5) is 4.28. The number of benzene rings is 8. The van der Waals surface area contributed by atoms with Crippen molar-refractivity contribution in [2.24, 2.45) is 0 Å². The Labute approximate surface area is 230 Å². The summed E-state index contributed by atoms with van der Waals surface area (Å²) in [6.45, 7) is 0. The summed E-state index contributed by atoms with van der Waals surface area (Å²) in [7, 11) is -3.33. The van der Waals surface area contributed by atoms with Crippen LogP contribution < -0.4 is 15.9 Å². The molecule has 0 aliphatic rings. The standard InChI is InChI=1S/C37H22NOP/c39-40(29-19-21-38-22-20-29,32-17-13-27-9-7-23-3-1-5-25-11-15-30(32)36(27)34(23)25)33-18-14-28-10-8-24-4-2-6-26-12-16-31(33)37(28)35(24)26/h1-22H. The molecule has 0 radical (unpaired) electrons. The van der Waals surface area contributed by atoms with E-state index in [0.29, 0.717) is 0 Å². The lowest BCUT2D eigenvalue weighted by Crippen LogP contribution is -2.26. The first kappa shape index (κ1) is 22.1. The van der Waals surface area contributed by atoms with E-state index in [1.54, 1.807) is 12.4 Å². The summed E-state index contributed by atoms with van der Waals surface area (Å²) in [6, 6.07) is 42.6. The Morgan fingerprint density at radius 1 is 0.400 bits per heavy atom. The lowest BCUT2D eigenvalue weighted by atomic mass is 9.94. The van der Waals surface area contributed by atoms with Gasteiger partial charge in [-0.05, 0) is 88.9 Å². The van der Waals surface area contributed by atoms with E-state index in [9.17, 15) is 0 Å². The zero-order chi connectivity index (χ0) is 26.4. The third-order valence-electron chi connectivity index (χ3n) is 8.72. The predicted octanol–water partition coefficient (Wildman–Crippen LogP) is 8.52. The van der Waals surface area contributed by atoms with E-state index in [4.69, 9.17) is 0 Å². The normalized spacial score (nSPS) is 12.6. The quantitative estimate of drug-likeness (QED) is 0.170. The fourth-order valence-corrected chi connectivity index (χ4v) is 9.94. The minimum atomic E-state index is -3.33. The van der Waals surface area contributed by atoms with Crippen molar-refractivity contribution >= 4 is 87.7 Å². The maximum Gasteiger partial charge on any atom is 0.172 e. The Kier molecular flexibility index (Phi) is 4.35. The fourth-order valence-electron chi connectivity index (χ4n) is 6.95. The summed E-state index contributed by atoms with van der Waals surface area (Å²) in [5.74, 6) is 0. The van der Waals surface area contributed by atoms with Crippen LogP contribution in [0.1, 0.15) is 0 Å². The van der Waals surface area contributed by atoms with Crippen molar-refractivity contribution in [3.63, 3.8) is 0 Å². The molecule has 0 aliphatic carbocycles. The monoisotopic (exact) mass is 527 g/mol. The molecule has 0 N–H and O–H groups in total. The number of pyridine rings is 1. The lowest BCUT2D eigenvalue weighted by Gasteiger charge is -2.25. The average molecular weight is 528 g/mol. The highest BCUT2D eigenvalue weighted by Crippen LogP contribution is 2.49. The number of nitrogens with zero attached hydrogens (tertiary/aromatic N) is 1. The van der Waals surface area contributed by atoms with Crippen LogP contribution in [-0.4, -0.2) is 4.98 Å². The van der Waals surface area contributed by atoms with E-state index < -0.39 is 7.14 Å². The Bertz CT molecular complexity index is 2280. The van der Waals surface area contributed by atoms with Crippen molar-refractivity contribution in [2.75, 3.05) is 0 Å². The van der Waals surface area contributed by atoms with Gasteiger partial charge >= 0.3 is 0 Å². The van der Waals surface area contributed by atoms with Crippen LogP contribution >= 0.6 is 7.14 Å². The number of hydrogen-bond donors (Lipinski definition) is 0. The summed E-state index contributed by atoms with van der Waals surface area (Å²) in [5, 5.41) is 16.6. The van der Waals surface area contributed by atoms with Crippen LogP contribution in [0.4, 0.5) is 0 Å². The fraction of sp³-hybridized carbons (Fsp3) is 0. The van der Waals surface area contributed by atoms with Crippen LogP contribution in [0.5, 0.6) is 0 Å². The first-order valence-corrected chi connectivity index (χ1v) is 15.3.